The minimum Gasteiger partial charge on any atom is -0.493 e. The number of carboxylic acids is 1. The first-order chi connectivity index (χ1) is 60.3. The molecule has 4 aromatic heterocycles. The number of unbranched alkanes of at least 4 members (excludes halogenated alkanes) is 36. The van der Waals surface area contributed by atoms with E-state index in [1.807, 2.05) is 18.2 Å². The van der Waals surface area contributed by atoms with Gasteiger partial charge in [-0.1, -0.05) is 355 Å². The number of rotatable bonds is 52. The van der Waals surface area contributed by atoms with Crippen LogP contribution in [0.1, 0.15) is 339 Å². The molecule has 0 unspecified atom stereocenters. The van der Waals surface area contributed by atoms with Crippen molar-refractivity contribution in [3.63, 3.8) is 0 Å². The molecular formula is C111H132N4O6S. The van der Waals surface area contributed by atoms with Crippen LogP contribution in [0.2, 0.25) is 0 Å². The number of ether oxygens (including phenoxy) is 4. The predicted molar refractivity (Wildman–Crippen MR) is 518 cm³/mol. The second-order valence-corrected chi connectivity index (χ2v) is 35.0. The summed E-state index contributed by atoms with van der Waals surface area (Å²) in [6.45, 7) is 11.4. The Morgan fingerprint density at radius 1 is 0.328 bits per heavy atom. The number of carboxylic acid groups (broad SMARTS) is 1. The molecule has 0 spiro atoms. The van der Waals surface area contributed by atoms with Gasteiger partial charge in [-0.3, -0.25) is 0 Å². The summed E-state index contributed by atoms with van der Waals surface area (Å²) in [4.78, 5) is 33.5. The Kier molecular flexibility index (Phi) is 35.5. The summed E-state index contributed by atoms with van der Waals surface area (Å²) >= 11 is 1.57. The van der Waals surface area contributed by atoms with Crippen LogP contribution in [0.5, 0.6) is 23.0 Å². The van der Waals surface area contributed by atoms with Crippen LogP contribution in [-0.2, 0) is 0 Å². The lowest BCUT2D eigenvalue weighted by molar-refractivity contribution is 0.0696. The average molecular weight is 1650 g/mol. The summed E-state index contributed by atoms with van der Waals surface area (Å²) in [5.41, 5.74) is 12.8. The molecule has 11 aromatic rings. The van der Waals surface area contributed by atoms with Crippen molar-refractivity contribution < 1.29 is 28.8 Å². The molecule has 10 nitrogen and oxygen atoms in total. The molecule has 0 radical (unpaired) electrons. The number of hydrogen-bond acceptors (Lipinski definition) is 8. The van der Waals surface area contributed by atoms with E-state index in [4.69, 9.17) is 28.9 Å². The highest BCUT2D eigenvalue weighted by atomic mass is 32.1. The number of thiophene rings is 1. The van der Waals surface area contributed by atoms with Gasteiger partial charge in [-0.05, 0) is 167 Å². The maximum absolute atomic E-state index is 12.0. The Balaban J connectivity index is 0.990. The molecule has 2 aliphatic rings. The van der Waals surface area contributed by atoms with Crippen LogP contribution in [0.15, 0.2) is 152 Å². The number of fused-ring (bicyclic) bond motifs is 8. The van der Waals surface area contributed by atoms with Crippen molar-refractivity contribution in [2.24, 2.45) is 0 Å². The molecule has 0 saturated heterocycles. The van der Waals surface area contributed by atoms with Gasteiger partial charge in [-0.2, -0.15) is 0 Å². The van der Waals surface area contributed by atoms with E-state index < -0.39 is 5.97 Å². The third-order valence-corrected chi connectivity index (χ3v) is 25.5. The number of aromatic amines is 2. The molecule has 13 rings (SSSR count). The maximum atomic E-state index is 12.0. The first-order valence-corrected chi connectivity index (χ1v) is 48.2. The molecule has 0 fully saturated rings. The summed E-state index contributed by atoms with van der Waals surface area (Å²) in [5, 5.41) is 17.0. The van der Waals surface area contributed by atoms with E-state index in [1.54, 1.807) is 23.5 Å². The molecular weight excluding hydrogens is 1520 g/mol. The van der Waals surface area contributed by atoms with Gasteiger partial charge in [0.1, 0.15) is 23.0 Å². The zero-order valence-electron chi connectivity index (χ0n) is 73.6. The third kappa shape index (κ3) is 25.0. The Bertz CT molecular complexity index is 5330. The number of nitrogens with zero attached hydrogens (tertiary/aromatic N) is 2. The Morgan fingerprint density at radius 2 is 0.672 bits per heavy atom. The van der Waals surface area contributed by atoms with Crippen LogP contribution >= 0.6 is 11.3 Å². The van der Waals surface area contributed by atoms with Crippen LogP contribution in [0, 0.1) is 23.7 Å². The van der Waals surface area contributed by atoms with Gasteiger partial charge in [-0.15, -0.1) is 11.3 Å². The van der Waals surface area contributed by atoms with Crippen LogP contribution in [0.4, 0.5) is 0 Å². The second-order valence-electron chi connectivity index (χ2n) is 33.9. The average Bonchev–Trinajstić information content (AvgIpc) is 0.775. The van der Waals surface area contributed by atoms with E-state index in [-0.39, 0.29) is 5.56 Å². The summed E-state index contributed by atoms with van der Waals surface area (Å²) in [6, 6.07) is 52.3. The lowest BCUT2D eigenvalue weighted by atomic mass is 9.92. The Morgan fingerprint density at radius 3 is 1.07 bits per heavy atom. The smallest absolute Gasteiger partial charge is 0.335 e. The number of benzene rings is 7. The van der Waals surface area contributed by atoms with Crippen molar-refractivity contribution in [2.75, 3.05) is 26.4 Å². The minimum atomic E-state index is -0.957. The normalized spacial score (nSPS) is 11.8. The molecule has 6 heterocycles. The predicted octanol–water partition coefficient (Wildman–Crippen LogP) is 32.3. The maximum Gasteiger partial charge on any atom is 0.335 e. The van der Waals surface area contributed by atoms with Crippen molar-refractivity contribution in [3.05, 3.63) is 202 Å². The summed E-state index contributed by atoms with van der Waals surface area (Å²) in [7, 11) is 0. The highest BCUT2D eigenvalue weighted by molar-refractivity contribution is 7.16. The van der Waals surface area contributed by atoms with Gasteiger partial charge < -0.3 is 34.0 Å². The molecule has 0 saturated carbocycles. The molecule has 0 atom stereocenters. The van der Waals surface area contributed by atoms with Crippen molar-refractivity contribution in [1.29, 1.82) is 0 Å². The van der Waals surface area contributed by atoms with Crippen LogP contribution in [0.3, 0.4) is 0 Å². The second kappa shape index (κ2) is 48.5. The molecule has 3 N–H and O–H groups in total. The fourth-order valence-corrected chi connectivity index (χ4v) is 18.4. The van der Waals surface area contributed by atoms with Crippen molar-refractivity contribution in [2.45, 2.75) is 285 Å². The lowest BCUT2D eigenvalue weighted by Gasteiger charge is -2.18. The highest BCUT2D eigenvalue weighted by Crippen LogP contribution is 2.47. The van der Waals surface area contributed by atoms with Crippen molar-refractivity contribution in [3.8, 4) is 79.4 Å². The fourth-order valence-electron chi connectivity index (χ4n) is 17.5. The van der Waals surface area contributed by atoms with Gasteiger partial charge >= 0.3 is 5.97 Å². The van der Waals surface area contributed by atoms with Gasteiger partial charge in [0.15, 0.2) is 0 Å². The van der Waals surface area contributed by atoms with Gasteiger partial charge in [0.05, 0.1) is 92.9 Å². The van der Waals surface area contributed by atoms with E-state index in [9.17, 15) is 9.90 Å². The molecule has 2 aliphatic heterocycles. The molecule has 0 aliphatic carbocycles. The highest BCUT2D eigenvalue weighted by Gasteiger charge is 2.26. The zero-order chi connectivity index (χ0) is 84.1. The molecule has 0 amide bonds. The number of H-pyrrole nitrogens is 2. The number of nitrogens with one attached hydrogen (secondary N) is 2. The molecule has 122 heavy (non-hydrogen) atoms. The summed E-state index contributed by atoms with van der Waals surface area (Å²) < 4.78 is 28.6. The van der Waals surface area contributed by atoms with Crippen molar-refractivity contribution >= 4 is 96.0 Å². The largest absolute Gasteiger partial charge is 0.493 e. The molecule has 8 bridgehead atoms. The van der Waals surface area contributed by atoms with Gasteiger partial charge in [0.25, 0.3) is 0 Å². The SMILES string of the molecule is CCCCCCCCCCCCOc1cccc(OCCCCCCCCCCCC)c1-c1c2nc(c(C#Cc3ccc4ccc5cccc6ccc3c4c56)c3ccc([nH]3)c(-c3c(OCCCCCCCCCCCC)cccc3OCCCCCCCCCCCC)c3nc(c(C#Cc4ccc(-c5ccc(C(=O)O)cc5)s4)c4ccc1[nH]4)C=C3)C=C2. The summed E-state index contributed by atoms with van der Waals surface area (Å²) in [6.07, 6.45) is 57.6. The lowest BCUT2D eigenvalue weighted by Crippen LogP contribution is -2.04. The number of aromatic carboxylic acids is 1. The van der Waals surface area contributed by atoms with E-state index >= 15 is 0 Å². The standard InChI is InChI=1S/C111H132N4O6S/c1-5-9-13-17-21-25-29-33-37-41-78-118-100-50-46-51-101(119-79-42-38-34-30-26-22-18-14-10-6-2)109(100)107-96-73-69-92(112-96)90(67-62-82-54-57-86-59-58-84-48-45-49-85-63-66-89(82)106(86)105(84)85)93-70-74-97(113-93)108(99-76-72-95(115-99)91(94-71-75-98(107)114-94)68-64-88-65-77-104(122-88)83-55-60-87(61-56-83)111(116)117)110-102(120-80-43-39-35-31-27-23-19-15-11-7-3)52-47-53-103(110)121-81-44-40-36-32-28-24-20-16-12-8-4/h45-61,63,65-66,69-77,112,115H,5-44,78-81H2,1-4H3,(H,116,117). The van der Waals surface area contributed by atoms with E-state index in [0.29, 0.717) is 49.1 Å². The van der Waals surface area contributed by atoms with E-state index in [1.165, 1.54) is 232 Å². The molecule has 7 aromatic carbocycles. The van der Waals surface area contributed by atoms with Crippen LogP contribution in [-0.4, -0.2) is 57.4 Å². The zero-order valence-corrected chi connectivity index (χ0v) is 74.5. The van der Waals surface area contributed by atoms with Gasteiger partial charge in [-0.25, -0.2) is 14.8 Å². The molecule has 638 valence electrons. The third-order valence-electron chi connectivity index (χ3n) is 24.4. The van der Waals surface area contributed by atoms with Gasteiger partial charge in [0, 0.05) is 32.6 Å². The monoisotopic (exact) mass is 1650 g/mol. The quantitative estimate of drug-likeness (QED) is 0.0195. The van der Waals surface area contributed by atoms with E-state index in [2.05, 4.69) is 207 Å². The number of hydrogen-bond donors (Lipinski definition) is 3. The topological polar surface area (TPSA) is 132 Å². The first kappa shape index (κ1) is 89.4. The Hall–Kier alpha value is -10.3. The van der Waals surface area contributed by atoms with Gasteiger partial charge in [0.2, 0.25) is 0 Å². The Labute approximate surface area is 732 Å². The first-order valence-electron chi connectivity index (χ1n) is 47.4. The van der Waals surface area contributed by atoms with E-state index in [0.717, 1.165) is 156 Å². The number of carbonyl (C=O) groups is 1. The van der Waals surface area contributed by atoms with Crippen molar-refractivity contribution in [1.82, 2.24) is 19.9 Å². The van der Waals surface area contributed by atoms with Crippen LogP contribution in [0.25, 0.3) is 111 Å². The fraction of sp³-hybridized carbons (Fsp3) is 0.432. The summed E-state index contributed by atoms with van der Waals surface area (Å²) in [5.74, 6) is 17.0. The minimum absolute atomic E-state index is 0.243. The molecule has 11 heteroatoms. The number of aromatic nitrogens is 4. The van der Waals surface area contributed by atoms with Crippen LogP contribution < -0.4 is 18.9 Å².